The predicted molar refractivity (Wildman–Crippen MR) is 160 cm³/mol. The molecule has 0 radical (unpaired) electrons. The number of ether oxygens (including phenoxy) is 2. The molecule has 0 bridgehead atoms. The molecule has 3 rings (SSSR count). The quantitative estimate of drug-likeness (QED) is 0.302. The molecular formula is C30H36ClN3O6S. The Morgan fingerprint density at radius 1 is 0.951 bits per heavy atom. The van der Waals surface area contributed by atoms with E-state index in [9.17, 15) is 18.0 Å². The highest BCUT2D eigenvalue weighted by Crippen LogP contribution is 2.32. The summed E-state index contributed by atoms with van der Waals surface area (Å²) < 4.78 is 39.4. The maximum absolute atomic E-state index is 14.1. The van der Waals surface area contributed by atoms with Gasteiger partial charge in [0.15, 0.2) is 0 Å². The number of halogens is 1. The first-order valence-electron chi connectivity index (χ1n) is 13.2. The van der Waals surface area contributed by atoms with Crippen LogP contribution in [0.25, 0.3) is 0 Å². The van der Waals surface area contributed by atoms with Gasteiger partial charge >= 0.3 is 0 Å². The van der Waals surface area contributed by atoms with Crippen LogP contribution in [0.5, 0.6) is 11.5 Å². The largest absolute Gasteiger partial charge is 0.497 e. The standard InChI is InChI=1S/C30H36ClN3O6S/c1-6-27(30(36)32-7-2)33(19-22-10-13-24(39-4)14-11-22)29(35)20-34(23-12-17-28(40-5)26(31)18-23)41(37,38)25-15-8-21(3)9-16-25/h8-18,27H,6-7,19-20H2,1-5H3,(H,32,36)/t27-/m0/s1. The summed E-state index contributed by atoms with van der Waals surface area (Å²) in [5.74, 6) is 0.130. The molecule has 0 spiro atoms. The summed E-state index contributed by atoms with van der Waals surface area (Å²) in [5.41, 5.74) is 1.82. The van der Waals surface area contributed by atoms with Crippen molar-refractivity contribution in [2.45, 2.75) is 44.7 Å². The monoisotopic (exact) mass is 601 g/mol. The molecule has 0 aromatic heterocycles. The van der Waals surface area contributed by atoms with Crippen LogP contribution in [-0.4, -0.2) is 58.5 Å². The van der Waals surface area contributed by atoms with Crippen molar-refractivity contribution in [2.24, 2.45) is 0 Å². The molecule has 0 aliphatic carbocycles. The van der Waals surface area contributed by atoms with Crippen LogP contribution in [0.4, 0.5) is 5.69 Å². The summed E-state index contributed by atoms with van der Waals surface area (Å²) in [6, 6.07) is 17.2. The van der Waals surface area contributed by atoms with Gasteiger partial charge in [-0.05, 0) is 68.3 Å². The maximum atomic E-state index is 14.1. The molecule has 1 N–H and O–H groups in total. The van der Waals surface area contributed by atoms with Gasteiger partial charge in [0.2, 0.25) is 11.8 Å². The summed E-state index contributed by atoms with van der Waals surface area (Å²) in [7, 11) is -1.20. The number of sulfonamides is 1. The fourth-order valence-electron chi connectivity index (χ4n) is 4.32. The summed E-state index contributed by atoms with van der Waals surface area (Å²) in [5, 5.41) is 2.97. The Hall–Kier alpha value is -3.76. The van der Waals surface area contributed by atoms with Crippen molar-refractivity contribution in [3.05, 3.63) is 82.9 Å². The molecule has 3 aromatic rings. The van der Waals surface area contributed by atoms with Gasteiger partial charge in [-0.1, -0.05) is 48.4 Å². The van der Waals surface area contributed by atoms with Crippen LogP contribution in [-0.2, 0) is 26.2 Å². The highest BCUT2D eigenvalue weighted by Gasteiger charge is 2.33. The first-order valence-corrected chi connectivity index (χ1v) is 15.0. The molecule has 0 saturated heterocycles. The van der Waals surface area contributed by atoms with Crippen molar-refractivity contribution in [3.63, 3.8) is 0 Å². The van der Waals surface area contributed by atoms with Gasteiger partial charge in [0, 0.05) is 13.1 Å². The van der Waals surface area contributed by atoms with E-state index in [-0.39, 0.29) is 28.1 Å². The van der Waals surface area contributed by atoms with Gasteiger partial charge in [0.05, 0.1) is 29.8 Å². The van der Waals surface area contributed by atoms with Crippen molar-refractivity contribution < 1.29 is 27.5 Å². The van der Waals surface area contributed by atoms with E-state index < -0.39 is 28.5 Å². The molecule has 0 fully saturated rings. The molecule has 2 amide bonds. The fourth-order valence-corrected chi connectivity index (χ4v) is 5.97. The molecule has 41 heavy (non-hydrogen) atoms. The van der Waals surface area contributed by atoms with Crippen LogP contribution >= 0.6 is 11.6 Å². The zero-order valence-corrected chi connectivity index (χ0v) is 25.5. The average Bonchev–Trinajstić information content (AvgIpc) is 2.96. The van der Waals surface area contributed by atoms with E-state index in [2.05, 4.69) is 5.32 Å². The lowest BCUT2D eigenvalue weighted by atomic mass is 10.1. The summed E-state index contributed by atoms with van der Waals surface area (Å²) in [6.45, 7) is 5.36. The smallest absolute Gasteiger partial charge is 0.264 e. The Morgan fingerprint density at radius 3 is 2.15 bits per heavy atom. The molecule has 0 heterocycles. The van der Waals surface area contributed by atoms with Gasteiger partial charge in [-0.3, -0.25) is 13.9 Å². The number of aryl methyl sites for hydroxylation is 1. The number of anilines is 1. The van der Waals surface area contributed by atoms with Gasteiger partial charge in [0.1, 0.15) is 24.1 Å². The van der Waals surface area contributed by atoms with Crippen LogP contribution in [0, 0.1) is 6.92 Å². The number of methoxy groups -OCH3 is 2. The number of likely N-dealkylation sites (N-methyl/N-ethyl adjacent to an activating group) is 1. The highest BCUT2D eigenvalue weighted by molar-refractivity contribution is 7.92. The Balaban J connectivity index is 2.08. The number of nitrogens with one attached hydrogen (secondary N) is 1. The highest BCUT2D eigenvalue weighted by atomic mass is 35.5. The van der Waals surface area contributed by atoms with E-state index in [0.29, 0.717) is 24.5 Å². The number of hydrogen-bond donors (Lipinski definition) is 1. The number of nitrogens with zero attached hydrogens (tertiary/aromatic N) is 2. The zero-order chi connectivity index (χ0) is 30.2. The van der Waals surface area contributed by atoms with Crippen LogP contribution in [0.3, 0.4) is 0 Å². The minimum atomic E-state index is -4.21. The van der Waals surface area contributed by atoms with E-state index >= 15 is 0 Å². The molecule has 0 aliphatic rings. The first kappa shape index (κ1) is 31.8. The number of hydrogen-bond acceptors (Lipinski definition) is 6. The van der Waals surface area contributed by atoms with Crippen LogP contribution in [0.2, 0.25) is 5.02 Å². The van der Waals surface area contributed by atoms with Crippen molar-refractivity contribution in [1.82, 2.24) is 10.2 Å². The Morgan fingerprint density at radius 2 is 1.61 bits per heavy atom. The molecule has 9 nitrogen and oxygen atoms in total. The van der Waals surface area contributed by atoms with Crippen LogP contribution < -0.4 is 19.1 Å². The van der Waals surface area contributed by atoms with Gasteiger partial charge in [-0.25, -0.2) is 8.42 Å². The lowest BCUT2D eigenvalue weighted by Crippen LogP contribution is -2.52. The maximum Gasteiger partial charge on any atom is 0.264 e. The number of benzene rings is 3. The third-order valence-corrected chi connectivity index (χ3v) is 8.64. The Bertz CT molecular complexity index is 1450. The van der Waals surface area contributed by atoms with Crippen molar-refractivity contribution >= 4 is 39.1 Å². The minimum absolute atomic E-state index is 0.0142. The molecule has 220 valence electrons. The molecular weight excluding hydrogens is 566 g/mol. The third-order valence-electron chi connectivity index (χ3n) is 6.56. The SMILES string of the molecule is CCNC(=O)[C@H](CC)N(Cc1ccc(OC)cc1)C(=O)CN(c1ccc(OC)c(Cl)c1)S(=O)(=O)c1ccc(C)cc1. The average molecular weight is 602 g/mol. The van der Waals surface area contributed by atoms with Crippen molar-refractivity contribution in [1.29, 1.82) is 0 Å². The summed E-state index contributed by atoms with van der Waals surface area (Å²) in [4.78, 5) is 28.5. The third kappa shape index (κ3) is 7.71. The molecule has 0 aliphatic heterocycles. The van der Waals surface area contributed by atoms with Gasteiger partial charge in [-0.15, -0.1) is 0 Å². The number of amides is 2. The second kappa shape index (κ2) is 14.2. The topological polar surface area (TPSA) is 105 Å². The number of carbonyl (C=O) groups excluding carboxylic acids is 2. The normalized spacial score (nSPS) is 11.9. The molecule has 0 unspecified atom stereocenters. The fraction of sp³-hybridized carbons (Fsp3) is 0.333. The molecule has 1 atom stereocenters. The first-order chi connectivity index (χ1) is 19.5. The van der Waals surface area contributed by atoms with E-state index in [1.165, 1.54) is 36.3 Å². The zero-order valence-electron chi connectivity index (χ0n) is 23.9. The molecule has 0 saturated carbocycles. The lowest BCUT2D eigenvalue weighted by Gasteiger charge is -2.33. The lowest BCUT2D eigenvalue weighted by molar-refractivity contribution is -0.140. The minimum Gasteiger partial charge on any atom is -0.497 e. The van der Waals surface area contributed by atoms with Crippen molar-refractivity contribution in [3.8, 4) is 11.5 Å². The Labute approximate surface area is 247 Å². The van der Waals surface area contributed by atoms with Gasteiger partial charge in [0.25, 0.3) is 10.0 Å². The van der Waals surface area contributed by atoms with E-state index in [1.54, 1.807) is 63.4 Å². The molecule has 11 heteroatoms. The van der Waals surface area contributed by atoms with Gasteiger partial charge < -0.3 is 19.7 Å². The summed E-state index contributed by atoms with van der Waals surface area (Å²) in [6.07, 6.45) is 0.326. The van der Waals surface area contributed by atoms with Crippen LogP contribution in [0.15, 0.2) is 71.6 Å². The van der Waals surface area contributed by atoms with Crippen LogP contribution in [0.1, 0.15) is 31.4 Å². The van der Waals surface area contributed by atoms with E-state index in [4.69, 9.17) is 21.1 Å². The second-order valence-electron chi connectivity index (χ2n) is 9.33. The number of carbonyl (C=O) groups is 2. The van der Waals surface area contributed by atoms with Crippen molar-refractivity contribution in [2.75, 3.05) is 31.6 Å². The van der Waals surface area contributed by atoms with Gasteiger partial charge in [-0.2, -0.15) is 0 Å². The number of rotatable bonds is 13. The predicted octanol–water partition coefficient (Wildman–Crippen LogP) is 4.80. The van der Waals surface area contributed by atoms with E-state index in [0.717, 1.165) is 15.4 Å². The summed E-state index contributed by atoms with van der Waals surface area (Å²) >= 11 is 6.37. The van der Waals surface area contributed by atoms with E-state index in [1.807, 2.05) is 6.92 Å². The Kier molecular flexibility index (Phi) is 11.0. The second-order valence-corrected chi connectivity index (χ2v) is 11.6. The molecule has 3 aromatic carbocycles.